The van der Waals surface area contributed by atoms with Crippen molar-refractivity contribution in [2.45, 2.75) is 12.5 Å². The molecule has 0 bridgehead atoms. The standard InChI is InChI=1S/C15H14BrF2NO/c1-20-13-7-2-4-9(15(13)18)8-12(19)10-5-3-6-11(17)14(10)16/h2-7,12H,8,19H2,1H3. The van der Waals surface area contributed by atoms with E-state index in [0.29, 0.717) is 15.6 Å². The first-order valence-corrected chi connectivity index (χ1v) is 6.84. The molecule has 0 radical (unpaired) electrons. The van der Waals surface area contributed by atoms with Crippen LogP contribution >= 0.6 is 15.9 Å². The maximum absolute atomic E-state index is 14.1. The third kappa shape index (κ3) is 2.99. The minimum absolute atomic E-state index is 0.174. The number of rotatable bonds is 4. The fourth-order valence-corrected chi connectivity index (χ4v) is 2.58. The second-order valence-electron chi connectivity index (χ2n) is 4.39. The van der Waals surface area contributed by atoms with Crippen LogP contribution in [0.5, 0.6) is 5.75 Å². The fraction of sp³-hybridized carbons (Fsp3) is 0.200. The van der Waals surface area contributed by atoms with Crippen LogP contribution in [-0.2, 0) is 6.42 Å². The molecule has 0 aliphatic rings. The van der Waals surface area contributed by atoms with E-state index in [1.807, 2.05) is 0 Å². The summed E-state index contributed by atoms with van der Waals surface area (Å²) in [5, 5.41) is 0. The molecule has 0 saturated carbocycles. The summed E-state index contributed by atoms with van der Waals surface area (Å²) in [6.07, 6.45) is 0.255. The molecule has 0 aliphatic heterocycles. The second-order valence-corrected chi connectivity index (χ2v) is 5.18. The summed E-state index contributed by atoms with van der Waals surface area (Å²) >= 11 is 3.17. The summed E-state index contributed by atoms with van der Waals surface area (Å²) in [4.78, 5) is 0. The molecule has 2 rings (SSSR count). The number of nitrogens with two attached hydrogens (primary N) is 1. The van der Waals surface area contributed by atoms with Gasteiger partial charge in [0.25, 0.3) is 0 Å². The van der Waals surface area contributed by atoms with Crippen LogP contribution in [0.2, 0.25) is 0 Å². The van der Waals surface area contributed by atoms with Gasteiger partial charge in [-0.05, 0) is 45.6 Å². The molecule has 0 fully saturated rings. The minimum Gasteiger partial charge on any atom is -0.494 e. The van der Waals surface area contributed by atoms with Gasteiger partial charge in [0.1, 0.15) is 5.82 Å². The predicted molar refractivity (Wildman–Crippen MR) is 77.7 cm³/mol. The van der Waals surface area contributed by atoms with Crippen LogP contribution in [0.3, 0.4) is 0 Å². The highest BCUT2D eigenvalue weighted by atomic mass is 79.9. The van der Waals surface area contributed by atoms with Crippen LogP contribution < -0.4 is 10.5 Å². The van der Waals surface area contributed by atoms with Crippen molar-refractivity contribution in [3.63, 3.8) is 0 Å². The molecule has 106 valence electrons. The van der Waals surface area contributed by atoms with E-state index >= 15 is 0 Å². The summed E-state index contributed by atoms with van der Waals surface area (Å²) in [5.41, 5.74) is 7.09. The molecule has 1 atom stereocenters. The maximum atomic E-state index is 14.1. The van der Waals surface area contributed by atoms with Gasteiger partial charge < -0.3 is 10.5 Å². The number of hydrogen-bond acceptors (Lipinski definition) is 2. The van der Waals surface area contributed by atoms with Crippen LogP contribution in [0, 0.1) is 11.6 Å². The van der Waals surface area contributed by atoms with Gasteiger partial charge in [-0.3, -0.25) is 0 Å². The Balaban J connectivity index is 2.28. The molecule has 2 aromatic rings. The van der Waals surface area contributed by atoms with Crippen molar-refractivity contribution in [3.8, 4) is 5.75 Å². The molecule has 0 aliphatic carbocycles. The van der Waals surface area contributed by atoms with Crippen LogP contribution in [-0.4, -0.2) is 7.11 Å². The van der Waals surface area contributed by atoms with Crippen molar-refractivity contribution >= 4 is 15.9 Å². The van der Waals surface area contributed by atoms with E-state index in [1.165, 1.54) is 13.2 Å². The molecule has 2 aromatic carbocycles. The number of halogens is 3. The average molecular weight is 342 g/mol. The molecule has 5 heteroatoms. The molecule has 0 spiro atoms. The van der Waals surface area contributed by atoms with Gasteiger partial charge in [0, 0.05) is 6.04 Å². The zero-order valence-corrected chi connectivity index (χ0v) is 12.5. The van der Waals surface area contributed by atoms with E-state index in [0.717, 1.165) is 0 Å². The molecular weight excluding hydrogens is 328 g/mol. The van der Waals surface area contributed by atoms with Crippen LogP contribution in [0.15, 0.2) is 40.9 Å². The molecule has 0 heterocycles. The first-order chi connectivity index (χ1) is 9.54. The SMILES string of the molecule is COc1cccc(CC(N)c2cccc(F)c2Br)c1F. The van der Waals surface area contributed by atoms with Gasteiger partial charge in [0.15, 0.2) is 11.6 Å². The lowest BCUT2D eigenvalue weighted by Gasteiger charge is -2.15. The summed E-state index contributed by atoms with van der Waals surface area (Å²) < 4.78 is 32.8. The van der Waals surface area contributed by atoms with Crippen molar-refractivity contribution in [1.29, 1.82) is 0 Å². The Hall–Kier alpha value is -1.46. The molecule has 0 aromatic heterocycles. The number of hydrogen-bond donors (Lipinski definition) is 1. The summed E-state index contributed by atoms with van der Waals surface area (Å²) in [6.45, 7) is 0. The number of benzene rings is 2. The first kappa shape index (κ1) is 14.9. The minimum atomic E-state index is -0.512. The van der Waals surface area contributed by atoms with E-state index < -0.39 is 11.9 Å². The van der Waals surface area contributed by atoms with Gasteiger partial charge in [0.2, 0.25) is 0 Å². The zero-order chi connectivity index (χ0) is 14.7. The van der Waals surface area contributed by atoms with E-state index in [9.17, 15) is 8.78 Å². The van der Waals surface area contributed by atoms with Gasteiger partial charge in [-0.1, -0.05) is 24.3 Å². The molecule has 1 unspecified atom stereocenters. The largest absolute Gasteiger partial charge is 0.494 e. The monoisotopic (exact) mass is 341 g/mol. The Bertz CT molecular complexity index is 619. The highest BCUT2D eigenvalue weighted by molar-refractivity contribution is 9.10. The van der Waals surface area contributed by atoms with Crippen LogP contribution in [0.1, 0.15) is 17.2 Å². The Morgan fingerprint density at radius 1 is 1.20 bits per heavy atom. The van der Waals surface area contributed by atoms with E-state index in [2.05, 4.69) is 15.9 Å². The van der Waals surface area contributed by atoms with Crippen LogP contribution in [0.25, 0.3) is 0 Å². The van der Waals surface area contributed by atoms with E-state index in [1.54, 1.807) is 30.3 Å². The van der Waals surface area contributed by atoms with Gasteiger partial charge in [-0.2, -0.15) is 0 Å². The average Bonchev–Trinajstić information content (AvgIpc) is 2.44. The molecule has 2 nitrogen and oxygen atoms in total. The quantitative estimate of drug-likeness (QED) is 0.912. The number of methoxy groups -OCH3 is 1. The van der Waals surface area contributed by atoms with E-state index in [4.69, 9.17) is 10.5 Å². The lowest BCUT2D eigenvalue weighted by atomic mass is 9.99. The zero-order valence-electron chi connectivity index (χ0n) is 10.9. The van der Waals surface area contributed by atoms with E-state index in [-0.39, 0.29) is 18.0 Å². The van der Waals surface area contributed by atoms with Crippen molar-refractivity contribution in [3.05, 3.63) is 63.6 Å². The lowest BCUT2D eigenvalue weighted by molar-refractivity contribution is 0.383. The first-order valence-electron chi connectivity index (χ1n) is 6.05. The second kappa shape index (κ2) is 6.33. The van der Waals surface area contributed by atoms with Gasteiger partial charge in [0.05, 0.1) is 11.6 Å². The lowest BCUT2D eigenvalue weighted by Crippen LogP contribution is -2.15. The smallest absolute Gasteiger partial charge is 0.168 e. The van der Waals surface area contributed by atoms with Gasteiger partial charge in [-0.15, -0.1) is 0 Å². The molecule has 2 N–H and O–H groups in total. The fourth-order valence-electron chi connectivity index (χ4n) is 2.03. The third-order valence-corrected chi connectivity index (χ3v) is 3.92. The Morgan fingerprint density at radius 3 is 2.60 bits per heavy atom. The molecule has 0 amide bonds. The van der Waals surface area contributed by atoms with Gasteiger partial charge >= 0.3 is 0 Å². The third-order valence-electron chi connectivity index (χ3n) is 3.08. The highest BCUT2D eigenvalue weighted by Gasteiger charge is 2.16. The Morgan fingerprint density at radius 2 is 1.90 bits per heavy atom. The molecule has 20 heavy (non-hydrogen) atoms. The molecular formula is C15H14BrF2NO. The topological polar surface area (TPSA) is 35.2 Å². The number of ether oxygens (including phenoxy) is 1. The van der Waals surface area contributed by atoms with Gasteiger partial charge in [-0.25, -0.2) is 8.78 Å². The summed E-state index contributed by atoms with van der Waals surface area (Å²) in [6, 6.07) is 9.01. The van der Waals surface area contributed by atoms with Crippen molar-refractivity contribution < 1.29 is 13.5 Å². The normalized spacial score (nSPS) is 12.2. The summed E-state index contributed by atoms with van der Waals surface area (Å²) in [7, 11) is 1.41. The molecule has 0 saturated heterocycles. The maximum Gasteiger partial charge on any atom is 0.168 e. The van der Waals surface area contributed by atoms with Crippen LogP contribution in [0.4, 0.5) is 8.78 Å². The van der Waals surface area contributed by atoms with Crippen molar-refractivity contribution in [1.82, 2.24) is 0 Å². The predicted octanol–water partition coefficient (Wildman–Crippen LogP) is 3.98. The van der Waals surface area contributed by atoms with Crippen molar-refractivity contribution in [2.75, 3.05) is 7.11 Å². The summed E-state index contributed by atoms with van der Waals surface area (Å²) in [5.74, 6) is -0.643. The Labute approximate surface area is 124 Å². The highest BCUT2D eigenvalue weighted by Crippen LogP contribution is 2.29. The Kier molecular flexibility index (Phi) is 4.73. The van der Waals surface area contributed by atoms with Crippen molar-refractivity contribution in [2.24, 2.45) is 5.73 Å².